The number of ether oxygens (including phenoxy) is 2. The number of nitrogens with one attached hydrogen (secondary N) is 3. The second-order valence-electron chi connectivity index (χ2n) is 16.5. The quantitative estimate of drug-likeness (QED) is 0.120. The summed E-state index contributed by atoms with van der Waals surface area (Å²) in [5, 5.41) is 25.3. The minimum absolute atomic E-state index is 0.0416. The van der Waals surface area contributed by atoms with Crippen LogP contribution in [0.5, 0.6) is 0 Å². The summed E-state index contributed by atoms with van der Waals surface area (Å²) in [5.41, 5.74) is 19.2. The van der Waals surface area contributed by atoms with Crippen molar-refractivity contribution >= 4 is 64.6 Å². The van der Waals surface area contributed by atoms with Gasteiger partial charge in [-0.15, -0.1) is 20.4 Å². The SMILES string of the molecule is CN(C)C(=O)N[C@@H]1CCCN(c2nnc(C(N)=O)c(Nc3ccc(C(=O)N4CCOCC4)cc3)n2)C1.NC(=O)c1nnc(N2CCC[C@@H](N)C2)nc1Nc1ccc(C(=O)N2CCOCC2)cc1. The summed E-state index contributed by atoms with van der Waals surface area (Å²) in [4.78, 5) is 79.0. The van der Waals surface area contributed by atoms with Crippen molar-refractivity contribution in [1.29, 1.82) is 0 Å². The molecule has 4 aliphatic heterocycles. The summed E-state index contributed by atoms with van der Waals surface area (Å²) in [6.45, 7) is 7.02. The van der Waals surface area contributed by atoms with Gasteiger partial charge in [-0.05, 0) is 74.2 Å². The molecule has 0 unspecified atom stereocenters. The molecule has 24 nitrogen and oxygen atoms in total. The molecule has 6 heterocycles. The Labute approximate surface area is 386 Å². The Morgan fingerprint density at radius 1 is 0.612 bits per heavy atom. The Balaban J connectivity index is 0.000000201. The number of nitrogens with two attached hydrogens (primary N) is 3. The van der Waals surface area contributed by atoms with Crippen LogP contribution in [0.25, 0.3) is 0 Å². The molecule has 356 valence electrons. The maximum absolute atomic E-state index is 12.7. The second-order valence-corrected chi connectivity index (χ2v) is 16.5. The van der Waals surface area contributed by atoms with Crippen LogP contribution >= 0.6 is 0 Å². The van der Waals surface area contributed by atoms with Crippen LogP contribution in [0, 0.1) is 0 Å². The number of aromatic nitrogens is 6. The molecule has 2 atom stereocenters. The summed E-state index contributed by atoms with van der Waals surface area (Å²) >= 11 is 0. The lowest BCUT2D eigenvalue weighted by Gasteiger charge is -2.33. The van der Waals surface area contributed by atoms with E-state index in [0.717, 1.165) is 32.2 Å². The van der Waals surface area contributed by atoms with Crippen LogP contribution in [0.15, 0.2) is 48.5 Å². The average Bonchev–Trinajstić information content (AvgIpc) is 3.34. The van der Waals surface area contributed by atoms with Crippen LogP contribution < -0.4 is 43.0 Å². The zero-order valence-corrected chi connectivity index (χ0v) is 37.6. The molecule has 4 aromatic rings. The van der Waals surface area contributed by atoms with E-state index in [1.165, 1.54) is 4.90 Å². The Kier molecular flexibility index (Phi) is 15.8. The van der Waals surface area contributed by atoms with Gasteiger partial charge in [0.15, 0.2) is 23.0 Å². The number of urea groups is 1. The van der Waals surface area contributed by atoms with Crippen LogP contribution in [-0.2, 0) is 9.47 Å². The summed E-state index contributed by atoms with van der Waals surface area (Å²) in [5.74, 6) is -0.508. The number of hydrogen-bond acceptors (Lipinski definition) is 18. The Morgan fingerprint density at radius 3 is 1.46 bits per heavy atom. The molecule has 4 saturated heterocycles. The molecule has 67 heavy (non-hydrogen) atoms. The lowest BCUT2D eigenvalue weighted by atomic mass is 10.1. The molecule has 0 saturated carbocycles. The highest BCUT2D eigenvalue weighted by molar-refractivity contribution is 5.98. The number of hydrogen-bond donors (Lipinski definition) is 6. The third kappa shape index (κ3) is 12.5. The Hall–Kier alpha value is -7.31. The summed E-state index contributed by atoms with van der Waals surface area (Å²) in [6, 6.07) is 13.6. The molecule has 0 bridgehead atoms. The molecule has 9 N–H and O–H groups in total. The van der Waals surface area contributed by atoms with E-state index in [1.807, 2.05) is 9.80 Å². The minimum atomic E-state index is -0.766. The molecule has 4 fully saturated rings. The standard InChI is InChI=1S/C23H31N9O4.C20H26N8O3/c1-30(2)23(35)26-17-4-3-9-32(14-17)22-27-20(18(19(24)33)28-29-22)25-16-7-5-15(6-8-16)21(34)31-10-12-36-13-11-31;21-14-2-1-7-28(12-14)20-24-18(16(17(22)29)25-26-20)23-15-5-3-13(4-6-15)19(30)27-8-10-31-11-9-27/h5-8,17H,3-4,9-14H2,1-2H3,(H2,24,33)(H,26,35)(H,25,27,29);3-6,14H,1-2,7-12,21H2,(H2,22,29)(H,23,24,26)/t17-;14-/m11/s1. The molecule has 8 rings (SSSR count). The first-order valence-corrected chi connectivity index (χ1v) is 22.1. The minimum Gasteiger partial charge on any atom is -0.378 e. The maximum atomic E-state index is 12.7. The van der Waals surface area contributed by atoms with Crippen LogP contribution in [-0.4, -0.2) is 180 Å². The smallest absolute Gasteiger partial charge is 0.317 e. The van der Waals surface area contributed by atoms with Crippen LogP contribution in [0.4, 0.5) is 39.7 Å². The Morgan fingerprint density at radius 2 is 1.04 bits per heavy atom. The van der Waals surface area contributed by atoms with E-state index >= 15 is 0 Å². The molecule has 2 aromatic heterocycles. The molecule has 6 amide bonds. The number of carbonyl (C=O) groups excluding carboxylic acids is 5. The molecule has 0 radical (unpaired) electrons. The first-order chi connectivity index (χ1) is 32.3. The van der Waals surface area contributed by atoms with Crippen LogP contribution in [0.1, 0.15) is 67.4 Å². The number of amides is 6. The van der Waals surface area contributed by atoms with Crippen molar-refractivity contribution in [2.75, 3.05) is 113 Å². The lowest BCUT2D eigenvalue weighted by Crippen LogP contribution is -2.50. The van der Waals surface area contributed by atoms with E-state index in [9.17, 15) is 24.0 Å². The first-order valence-electron chi connectivity index (χ1n) is 22.1. The predicted octanol–water partition coefficient (Wildman–Crippen LogP) is 0.541. The van der Waals surface area contributed by atoms with Crippen LogP contribution in [0.2, 0.25) is 0 Å². The monoisotopic (exact) mass is 923 g/mol. The van der Waals surface area contributed by atoms with E-state index in [-0.39, 0.29) is 53.0 Å². The summed E-state index contributed by atoms with van der Waals surface area (Å²) in [7, 11) is 3.38. The fourth-order valence-electron chi connectivity index (χ4n) is 7.74. The topological polar surface area (TPSA) is 312 Å². The first kappa shape index (κ1) is 47.6. The van der Waals surface area contributed by atoms with Crippen molar-refractivity contribution in [2.24, 2.45) is 17.2 Å². The van der Waals surface area contributed by atoms with Gasteiger partial charge in [0, 0.05) is 101 Å². The van der Waals surface area contributed by atoms with Gasteiger partial charge in [-0.2, -0.15) is 9.97 Å². The van der Waals surface area contributed by atoms with Gasteiger partial charge in [0.25, 0.3) is 23.6 Å². The molecule has 24 heteroatoms. The molecule has 0 aliphatic carbocycles. The number of piperidine rings is 2. The third-order valence-electron chi connectivity index (χ3n) is 11.4. The van der Waals surface area contributed by atoms with Gasteiger partial charge in [0.05, 0.1) is 26.4 Å². The van der Waals surface area contributed by atoms with Crippen molar-refractivity contribution in [3.05, 3.63) is 71.0 Å². The number of carbonyl (C=O) groups is 5. The number of primary amides is 2. The number of anilines is 6. The predicted molar refractivity (Wildman–Crippen MR) is 246 cm³/mol. The van der Waals surface area contributed by atoms with Gasteiger partial charge in [-0.3, -0.25) is 19.2 Å². The highest BCUT2D eigenvalue weighted by Gasteiger charge is 2.27. The number of benzene rings is 2. The van der Waals surface area contributed by atoms with Gasteiger partial charge >= 0.3 is 6.03 Å². The van der Waals surface area contributed by atoms with Crippen molar-refractivity contribution in [3.8, 4) is 0 Å². The molecular weight excluding hydrogens is 867 g/mol. The largest absolute Gasteiger partial charge is 0.378 e. The zero-order chi connectivity index (χ0) is 47.5. The third-order valence-corrected chi connectivity index (χ3v) is 11.4. The van der Waals surface area contributed by atoms with Crippen molar-refractivity contribution in [1.82, 2.24) is 50.4 Å². The van der Waals surface area contributed by atoms with Crippen LogP contribution in [0.3, 0.4) is 0 Å². The molecule has 2 aromatic carbocycles. The average molecular weight is 924 g/mol. The van der Waals surface area contributed by atoms with Gasteiger partial charge < -0.3 is 67.1 Å². The number of rotatable bonds is 11. The summed E-state index contributed by atoms with van der Waals surface area (Å²) in [6.07, 6.45) is 3.55. The fourth-order valence-corrected chi connectivity index (χ4v) is 7.74. The van der Waals surface area contributed by atoms with Gasteiger partial charge in [-0.1, -0.05) is 0 Å². The zero-order valence-electron chi connectivity index (χ0n) is 37.6. The highest BCUT2D eigenvalue weighted by atomic mass is 16.5. The lowest BCUT2D eigenvalue weighted by molar-refractivity contribution is 0.0301. The van der Waals surface area contributed by atoms with Crippen molar-refractivity contribution < 1.29 is 33.4 Å². The second kappa shape index (κ2) is 22.3. The van der Waals surface area contributed by atoms with E-state index in [1.54, 1.807) is 72.4 Å². The normalized spacial score (nSPS) is 18.5. The highest BCUT2D eigenvalue weighted by Crippen LogP contribution is 2.25. The number of morpholine rings is 2. The fraction of sp³-hybridized carbons (Fsp3) is 0.465. The summed E-state index contributed by atoms with van der Waals surface area (Å²) < 4.78 is 10.6. The van der Waals surface area contributed by atoms with E-state index in [4.69, 9.17) is 26.7 Å². The number of nitrogens with zero attached hydrogens (tertiary/aromatic N) is 11. The molecule has 4 aliphatic rings. The van der Waals surface area contributed by atoms with E-state index in [0.29, 0.717) is 107 Å². The van der Waals surface area contributed by atoms with Gasteiger partial charge in [0.2, 0.25) is 11.9 Å². The maximum Gasteiger partial charge on any atom is 0.317 e. The van der Waals surface area contributed by atoms with Gasteiger partial charge in [-0.25, -0.2) is 4.79 Å². The van der Waals surface area contributed by atoms with Crippen molar-refractivity contribution in [2.45, 2.75) is 37.8 Å². The Bertz CT molecular complexity index is 2380. The molecular formula is C43H57N17O7. The van der Waals surface area contributed by atoms with Crippen molar-refractivity contribution in [3.63, 3.8) is 0 Å². The van der Waals surface area contributed by atoms with Gasteiger partial charge in [0.1, 0.15) is 0 Å². The van der Waals surface area contributed by atoms with E-state index < -0.39 is 11.8 Å². The molecule has 0 spiro atoms. The van der Waals surface area contributed by atoms with E-state index in [2.05, 4.69) is 46.3 Å².